The predicted molar refractivity (Wildman–Crippen MR) is 70.7 cm³/mol. The number of fused-ring (bicyclic) bond motifs is 1. The lowest BCUT2D eigenvalue weighted by Gasteiger charge is -2.10. The molecular weight excluding hydrogens is 270 g/mol. The molecule has 0 radical (unpaired) electrons. The summed E-state index contributed by atoms with van der Waals surface area (Å²) >= 11 is 5.78. The first-order valence-corrected chi connectivity index (χ1v) is 7.35. The molecule has 0 amide bonds. The third-order valence-corrected chi connectivity index (χ3v) is 5.87. The number of rotatable bonds is 3. The minimum Gasteiger partial charge on any atom is -0.330 e. The summed E-state index contributed by atoms with van der Waals surface area (Å²) < 4.78 is 1.39. The van der Waals surface area contributed by atoms with E-state index in [2.05, 4.69) is 22.9 Å². The van der Waals surface area contributed by atoms with Gasteiger partial charge in [-0.05, 0) is 66.1 Å². The maximum atomic E-state index is 5.63. The number of nitrogens with two attached hydrogens (primary N) is 1. The van der Waals surface area contributed by atoms with Crippen LogP contribution in [0.15, 0.2) is 4.47 Å². The number of halogens is 1. The fourth-order valence-corrected chi connectivity index (χ4v) is 4.82. The second-order valence-corrected chi connectivity index (χ2v) is 6.30. The third-order valence-electron chi connectivity index (χ3n) is 3.18. The van der Waals surface area contributed by atoms with Gasteiger partial charge in [-0.1, -0.05) is 6.92 Å². The van der Waals surface area contributed by atoms with E-state index < -0.39 is 0 Å². The van der Waals surface area contributed by atoms with E-state index in [-0.39, 0.29) is 0 Å². The van der Waals surface area contributed by atoms with Gasteiger partial charge in [-0.2, -0.15) is 0 Å². The zero-order chi connectivity index (χ0) is 10.8. The fraction of sp³-hybridized carbons (Fsp3) is 0.667. The van der Waals surface area contributed by atoms with Crippen molar-refractivity contribution in [3.8, 4) is 0 Å². The second kappa shape index (κ2) is 4.98. The van der Waals surface area contributed by atoms with Crippen LogP contribution in [0.4, 0.5) is 0 Å². The van der Waals surface area contributed by atoms with E-state index in [0.29, 0.717) is 5.92 Å². The molecule has 0 saturated heterocycles. The number of hydrogen-bond donors (Lipinski definition) is 1. The number of hydrogen-bond acceptors (Lipinski definition) is 2. The van der Waals surface area contributed by atoms with Crippen LogP contribution in [0.2, 0.25) is 0 Å². The van der Waals surface area contributed by atoms with Crippen LogP contribution in [0, 0.1) is 0 Å². The van der Waals surface area contributed by atoms with E-state index in [1.54, 1.807) is 10.4 Å². The molecule has 1 unspecified atom stereocenters. The summed E-state index contributed by atoms with van der Waals surface area (Å²) in [5.41, 5.74) is 7.22. The first kappa shape index (κ1) is 11.6. The highest BCUT2D eigenvalue weighted by Crippen LogP contribution is 2.42. The Balaban J connectivity index is 2.28. The van der Waals surface area contributed by atoms with Gasteiger partial charge in [-0.15, -0.1) is 11.3 Å². The Morgan fingerprint density at radius 1 is 1.40 bits per heavy atom. The molecule has 0 aliphatic heterocycles. The highest BCUT2D eigenvalue weighted by atomic mass is 79.9. The van der Waals surface area contributed by atoms with Crippen LogP contribution in [0.3, 0.4) is 0 Å². The topological polar surface area (TPSA) is 26.0 Å². The smallest absolute Gasteiger partial charge is 0.0352 e. The molecule has 0 aromatic carbocycles. The Morgan fingerprint density at radius 3 is 2.80 bits per heavy atom. The first-order chi connectivity index (χ1) is 7.24. The summed E-state index contributed by atoms with van der Waals surface area (Å²) in [5, 5.41) is 0. The maximum absolute atomic E-state index is 5.63. The Bertz CT molecular complexity index is 346. The molecule has 1 nitrogen and oxygen atoms in total. The van der Waals surface area contributed by atoms with E-state index in [1.165, 1.54) is 35.0 Å². The quantitative estimate of drug-likeness (QED) is 0.898. The third kappa shape index (κ3) is 2.29. The molecule has 0 spiro atoms. The molecular formula is C12H18BrNS. The van der Waals surface area contributed by atoms with Gasteiger partial charge in [0.15, 0.2) is 0 Å². The van der Waals surface area contributed by atoms with E-state index in [4.69, 9.17) is 5.73 Å². The van der Waals surface area contributed by atoms with E-state index >= 15 is 0 Å². The maximum Gasteiger partial charge on any atom is 0.0352 e. The summed E-state index contributed by atoms with van der Waals surface area (Å²) in [4.78, 5) is 3.14. The molecule has 2 rings (SSSR count). The average Bonchev–Trinajstić information content (AvgIpc) is 2.57. The molecule has 0 bridgehead atoms. The van der Waals surface area contributed by atoms with Gasteiger partial charge in [-0.3, -0.25) is 0 Å². The molecule has 84 valence electrons. The molecule has 0 fully saturated rings. The van der Waals surface area contributed by atoms with Gasteiger partial charge in [0.25, 0.3) is 0 Å². The van der Waals surface area contributed by atoms with Gasteiger partial charge < -0.3 is 5.73 Å². The van der Waals surface area contributed by atoms with Crippen LogP contribution in [0.5, 0.6) is 0 Å². The monoisotopic (exact) mass is 287 g/mol. The van der Waals surface area contributed by atoms with Gasteiger partial charge in [0.2, 0.25) is 0 Å². The SMILES string of the molecule is CC(CCN)c1sc2c(c1Br)CCCC2. The van der Waals surface area contributed by atoms with Crippen LogP contribution in [0.25, 0.3) is 0 Å². The Hall–Kier alpha value is 0.140. The zero-order valence-electron chi connectivity index (χ0n) is 9.18. The van der Waals surface area contributed by atoms with Crippen LogP contribution >= 0.6 is 27.3 Å². The van der Waals surface area contributed by atoms with Crippen LogP contribution < -0.4 is 5.73 Å². The van der Waals surface area contributed by atoms with Crippen LogP contribution in [-0.2, 0) is 12.8 Å². The molecule has 1 heterocycles. The second-order valence-electron chi connectivity index (χ2n) is 4.37. The standard InChI is InChI=1S/C12H18BrNS/c1-8(6-7-14)12-11(13)9-4-2-3-5-10(9)15-12/h8H,2-7,14H2,1H3. The molecule has 1 aliphatic carbocycles. The molecule has 3 heteroatoms. The van der Waals surface area contributed by atoms with E-state index in [1.807, 2.05) is 11.3 Å². The van der Waals surface area contributed by atoms with Crippen molar-refractivity contribution in [2.24, 2.45) is 5.73 Å². The van der Waals surface area contributed by atoms with Crippen LogP contribution in [0.1, 0.15) is 47.4 Å². The Kier molecular flexibility index (Phi) is 3.86. The molecule has 1 aromatic heterocycles. The van der Waals surface area contributed by atoms with Crippen molar-refractivity contribution < 1.29 is 0 Å². The van der Waals surface area contributed by atoms with Crippen molar-refractivity contribution in [1.29, 1.82) is 0 Å². The lowest BCUT2D eigenvalue weighted by atomic mass is 9.97. The minimum atomic E-state index is 0.611. The summed E-state index contributed by atoms with van der Waals surface area (Å²) in [6.45, 7) is 3.07. The summed E-state index contributed by atoms with van der Waals surface area (Å²) in [6, 6.07) is 0. The van der Waals surface area contributed by atoms with Gasteiger partial charge >= 0.3 is 0 Å². The molecule has 0 saturated carbocycles. The summed E-state index contributed by atoms with van der Waals surface area (Å²) in [6.07, 6.45) is 6.37. The fourth-order valence-electron chi connectivity index (χ4n) is 2.25. The first-order valence-electron chi connectivity index (χ1n) is 5.74. The van der Waals surface area contributed by atoms with E-state index in [0.717, 1.165) is 13.0 Å². The normalized spacial score (nSPS) is 17.5. The molecule has 1 atom stereocenters. The van der Waals surface area contributed by atoms with Gasteiger partial charge in [0.05, 0.1) is 0 Å². The lowest BCUT2D eigenvalue weighted by molar-refractivity contribution is 0.686. The van der Waals surface area contributed by atoms with Crippen molar-refractivity contribution in [3.63, 3.8) is 0 Å². The van der Waals surface area contributed by atoms with Crippen molar-refractivity contribution in [3.05, 3.63) is 19.8 Å². The summed E-state index contributed by atoms with van der Waals surface area (Å²) in [7, 11) is 0. The van der Waals surface area contributed by atoms with Crippen molar-refractivity contribution in [2.45, 2.75) is 44.9 Å². The van der Waals surface area contributed by atoms with Gasteiger partial charge in [-0.25, -0.2) is 0 Å². The Labute approximate surface area is 104 Å². The average molecular weight is 288 g/mol. The van der Waals surface area contributed by atoms with Gasteiger partial charge in [0, 0.05) is 14.2 Å². The lowest BCUT2D eigenvalue weighted by Crippen LogP contribution is -2.03. The van der Waals surface area contributed by atoms with Crippen molar-refractivity contribution in [1.82, 2.24) is 0 Å². The highest BCUT2D eigenvalue weighted by molar-refractivity contribution is 9.10. The molecule has 2 N–H and O–H groups in total. The zero-order valence-corrected chi connectivity index (χ0v) is 11.6. The number of aryl methyl sites for hydroxylation is 1. The Morgan fingerprint density at radius 2 is 2.13 bits per heavy atom. The largest absolute Gasteiger partial charge is 0.330 e. The molecule has 1 aromatic rings. The molecule has 15 heavy (non-hydrogen) atoms. The predicted octanol–water partition coefficient (Wildman–Crippen LogP) is 3.84. The number of thiophene rings is 1. The molecule has 1 aliphatic rings. The van der Waals surface area contributed by atoms with Crippen molar-refractivity contribution >= 4 is 27.3 Å². The summed E-state index contributed by atoms with van der Waals surface area (Å²) in [5.74, 6) is 0.611. The minimum absolute atomic E-state index is 0.611. The van der Waals surface area contributed by atoms with E-state index in [9.17, 15) is 0 Å². The van der Waals surface area contributed by atoms with Gasteiger partial charge in [0.1, 0.15) is 0 Å². The van der Waals surface area contributed by atoms with Crippen molar-refractivity contribution in [2.75, 3.05) is 6.54 Å². The highest BCUT2D eigenvalue weighted by Gasteiger charge is 2.21. The van der Waals surface area contributed by atoms with Crippen LogP contribution in [-0.4, -0.2) is 6.54 Å².